The second kappa shape index (κ2) is 4.74. The van der Waals surface area contributed by atoms with Crippen molar-refractivity contribution in [1.82, 2.24) is 0 Å². The highest BCUT2D eigenvalue weighted by atomic mass is 35.5. The number of hydrogen-bond donors (Lipinski definition) is 1. The van der Waals surface area contributed by atoms with E-state index in [4.69, 9.17) is 21.4 Å². The SMILES string of the molecule is COc1c(C(C)C(=O)O)cc(C)c(Cl)c1C. The van der Waals surface area contributed by atoms with E-state index < -0.39 is 11.9 Å². The van der Waals surface area contributed by atoms with Crippen molar-refractivity contribution in [1.29, 1.82) is 0 Å². The number of carboxylic acids is 1. The minimum Gasteiger partial charge on any atom is -0.496 e. The molecule has 0 bridgehead atoms. The summed E-state index contributed by atoms with van der Waals surface area (Å²) in [5.74, 6) is -0.922. The van der Waals surface area contributed by atoms with E-state index in [0.29, 0.717) is 16.3 Å². The summed E-state index contributed by atoms with van der Waals surface area (Å²) in [4.78, 5) is 11.0. The van der Waals surface area contributed by atoms with Crippen molar-refractivity contribution in [2.75, 3.05) is 7.11 Å². The molecular weight excluding hydrogens is 228 g/mol. The molecule has 0 saturated heterocycles. The number of carboxylic acid groups (broad SMARTS) is 1. The van der Waals surface area contributed by atoms with Gasteiger partial charge in [-0.3, -0.25) is 4.79 Å². The van der Waals surface area contributed by atoms with Gasteiger partial charge in [0.05, 0.1) is 18.1 Å². The van der Waals surface area contributed by atoms with Gasteiger partial charge < -0.3 is 9.84 Å². The summed E-state index contributed by atoms with van der Waals surface area (Å²) in [6.07, 6.45) is 0. The van der Waals surface area contributed by atoms with Crippen molar-refractivity contribution in [3.63, 3.8) is 0 Å². The molecule has 16 heavy (non-hydrogen) atoms. The lowest BCUT2D eigenvalue weighted by Crippen LogP contribution is -2.10. The molecule has 4 heteroatoms. The maximum atomic E-state index is 11.0. The number of benzene rings is 1. The average Bonchev–Trinajstić information content (AvgIpc) is 2.24. The lowest BCUT2D eigenvalue weighted by atomic mass is 9.95. The summed E-state index contributed by atoms with van der Waals surface area (Å²) in [7, 11) is 1.52. The van der Waals surface area contributed by atoms with E-state index >= 15 is 0 Å². The Bertz CT molecular complexity index is 427. The molecule has 88 valence electrons. The Kier molecular flexibility index (Phi) is 3.81. The smallest absolute Gasteiger partial charge is 0.310 e. The quantitative estimate of drug-likeness (QED) is 0.886. The Balaban J connectivity index is 3.44. The standard InChI is InChI=1S/C12H15ClO3/c1-6-5-9(7(2)12(14)15)11(16-4)8(3)10(6)13/h5,7H,1-4H3,(H,14,15). The van der Waals surface area contributed by atoms with Crippen LogP contribution >= 0.6 is 11.6 Å². The zero-order valence-corrected chi connectivity index (χ0v) is 10.6. The predicted octanol–water partition coefficient (Wildman–Crippen LogP) is 3.15. The summed E-state index contributed by atoms with van der Waals surface area (Å²) in [6.45, 7) is 5.31. The number of methoxy groups -OCH3 is 1. The van der Waals surface area contributed by atoms with Crippen molar-refractivity contribution in [3.05, 3.63) is 27.8 Å². The molecule has 0 aliphatic heterocycles. The molecule has 0 aromatic heterocycles. The molecule has 0 spiro atoms. The monoisotopic (exact) mass is 242 g/mol. The molecule has 0 amide bonds. The van der Waals surface area contributed by atoms with E-state index in [1.807, 2.05) is 13.8 Å². The third-order valence-corrected chi connectivity index (χ3v) is 3.27. The van der Waals surface area contributed by atoms with E-state index in [1.165, 1.54) is 7.11 Å². The Morgan fingerprint density at radius 2 is 2.06 bits per heavy atom. The van der Waals surface area contributed by atoms with Gasteiger partial charge in [0.1, 0.15) is 5.75 Å². The highest BCUT2D eigenvalue weighted by molar-refractivity contribution is 6.32. The number of aliphatic carboxylic acids is 1. The third kappa shape index (κ3) is 2.14. The third-order valence-electron chi connectivity index (χ3n) is 2.69. The zero-order valence-electron chi connectivity index (χ0n) is 9.80. The summed E-state index contributed by atoms with van der Waals surface area (Å²) >= 11 is 6.09. The van der Waals surface area contributed by atoms with Crippen LogP contribution < -0.4 is 4.74 Å². The molecule has 0 aliphatic carbocycles. The van der Waals surface area contributed by atoms with Crippen molar-refractivity contribution >= 4 is 17.6 Å². The van der Waals surface area contributed by atoms with Gasteiger partial charge in [0, 0.05) is 11.1 Å². The van der Waals surface area contributed by atoms with Gasteiger partial charge in [-0.15, -0.1) is 0 Å². The number of carbonyl (C=O) groups is 1. The van der Waals surface area contributed by atoms with Crippen LogP contribution in [0.1, 0.15) is 29.5 Å². The zero-order chi connectivity index (χ0) is 12.5. The Morgan fingerprint density at radius 3 is 2.50 bits per heavy atom. The molecular formula is C12H15ClO3. The molecule has 0 radical (unpaired) electrons. The first kappa shape index (κ1) is 12.8. The van der Waals surface area contributed by atoms with Crippen LogP contribution in [-0.2, 0) is 4.79 Å². The van der Waals surface area contributed by atoms with Crippen molar-refractivity contribution < 1.29 is 14.6 Å². The summed E-state index contributed by atoms with van der Waals surface area (Å²) in [5, 5.41) is 9.64. The Hall–Kier alpha value is -1.22. The first-order valence-electron chi connectivity index (χ1n) is 4.96. The normalized spacial score (nSPS) is 12.3. The number of rotatable bonds is 3. The fraction of sp³-hybridized carbons (Fsp3) is 0.417. The molecule has 1 rings (SSSR count). The van der Waals surface area contributed by atoms with Crippen LogP contribution in [0.15, 0.2) is 6.07 Å². The maximum Gasteiger partial charge on any atom is 0.310 e. The summed E-state index contributed by atoms with van der Waals surface area (Å²) in [5.41, 5.74) is 2.31. The van der Waals surface area contributed by atoms with Crippen LogP contribution in [0.5, 0.6) is 5.75 Å². The molecule has 1 aromatic rings. The molecule has 1 atom stereocenters. The van der Waals surface area contributed by atoms with Crippen LogP contribution in [0.4, 0.5) is 0 Å². The minimum absolute atomic E-state index is 0.561. The lowest BCUT2D eigenvalue weighted by molar-refractivity contribution is -0.138. The van der Waals surface area contributed by atoms with Crippen LogP contribution in [0.2, 0.25) is 5.02 Å². The fourth-order valence-electron chi connectivity index (χ4n) is 1.70. The van der Waals surface area contributed by atoms with E-state index in [9.17, 15) is 4.79 Å². The highest BCUT2D eigenvalue weighted by Crippen LogP contribution is 2.36. The molecule has 0 fully saturated rings. The van der Waals surface area contributed by atoms with Crippen LogP contribution in [0, 0.1) is 13.8 Å². The first-order valence-corrected chi connectivity index (χ1v) is 5.34. The molecule has 0 saturated carbocycles. The molecule has 3 nitrogen and oxygen atoms in total. The second-order valence-electron chi connectivity index (χ2n) is 3.81. The average molecular weight is 243 g/mol. The van der Waals surface area contributed by atoms with Gasteiger partial charge in [0.15, 0.2) is 0 Å². The fourth-order valence-corrected chi connectivity index (χ4v) is 1.84. The van der Waals surface area contributed by atoms with Crippen molar-refractivity contribution in [2.24, 2.45) is 0 Å². The van der Waals surface area contributed by atoms with E-state index in [0.717, 1.165) is 11.1 Å². The molecule has 1 N–H and O–H groups in total. The van der Waals surface area contributed by atoms with Gasteiger partial charge in [0.25, 0.3) is 0 Å². The van der Waals surface area contributed by atoms with E-state index in [2.05, 4.69) is 0 Å². The number of ether oxygens (including phenoxy) is 1. The Morgan fingerprint density at radius 1 is 1.50 bits per heavy atom. The summed E-state index contributed by atoms with van der Waals surface area (Å²) in [6, 6.07) is 1.77. The molecule has 1 unspecified atom stereocenters. The van der Waals surface area contributed by atoms with Gasteiger partial charge in [-0.1, -0.05) is 17.7 Å². The molecule has 1 aromatic carbocycles. The first-order chi connectivity index (χ1) is 7.40. The van der Waals surface area contributed by atoms with Crippen molar-refractivity contribution in [3.8, 4) is 5.75 Å². The summed E-state index contributed by atoms with van der Waals surface area (Å²) < 4.78 is 5.24. The lowest BCUT2D eigenvalue weighted by Gasteiger charge is -2.17. The van der Waals surface area contributed by atoms with Gasteiger partial charge in [0.2, 0.25) is 0 Å². The topological polar surface area (TPSA) is 46.5 Å². The van der Waals surface area contributed by atoms with Gasteiger partial charge in [-0.2, -0.15) is 0 Å². The van der Waals surface area contributed by atoms with E-state index in [1.54, 1.807) is 13.0 Å². The van der Waals surface area contributed by atoms with Crippen LogP contribution in [-0.4, -0.2) is 18.2 Å². The van der Waals surface area contributed by atoms with Gasteiger partial charge in [-0.25, -0.2) is 0 Å². The van der Waals surface area contributed by atoms with Crippen LogP contribution in [0.25, 0.3) is 0 Å². The maximum absolute atomic E-state index is 11.0. The predicted molar refractivity (Wildman–Crippen MR) is 63.5 cm³/mol. The second-order valence-corrected chi connectivity index (χ2v) is 4.19. The molecule has 0 heterocycles. The number of aryl methyl sites for hydroxylation is 1. The van der Waals surface area contributed by atoms with Gasteiger partial charge >= 0.3 is 5.97 Å². The number of halogens is 1. The number of hydrogen-bond acceptors (Lipinski definition) is 2. The largest absolute Gasteiger partial charge is 0.496 e. The highest BCUT2D eigenvalue weighted by Gasteiger charge is 2.21. The molecule has 0 aliphatic rings. The van der Waals surface area contributed by atoms with E-state index in [-0.39, 0.29) is 0 Å². The van der Waals surface area contributed by atoms with Gasteiger partial charge in [-0.05, 0) is 26.3 Å². The van der Waals surface area contributed by atoms with Crippen molar-refractivity contribution in [2.45, 2.75) is 26.7 Å². The minimum atomic E-state index is -0.876. The Labute approximate surface area is 100.0 Å². The van der Waals surface area contributed by atoms with Crippen LogP contribution in [0.3, 0.4) is 0 Å².